The third-order valence-corrected chi connectivity index (χ3v) is 4.32. The fourth-order valence-corrected chi connectivity index (χ4v) is 3.03. The van der Waals surface area contributed by atoms with Crippen molar-refractivity contribution in [2.45, 2.75) is 37.2 Å². The zero-order chi connectivity index (χ0) is 16.1. The van der Waals surface area contributed by atoms with Gasteiger partial charge in [0.05, 0.1) is 5.75 Å². The Hall–Kier alpha value is -2.02. The molecule has 0 aromatic heterocycles. The van der Waals surface area contributed by atoms with Crippen LogP contribution in [0.15, 0.2) is 23.1 Å². The van der Waals surface area contributed by atoms with E-state index in [1.807, 2.05) is 11.4 Å². The van der Waals surface area contributed by atoms with Gasteiger partial charge in [-0.05, 0) is 49.4 Å². The topological polar surface area (TPSA) is 98.5 Å². The summed E-state index contributed by atoms with van der Waals surface area (Å²) in [5, 5.41) is 1.87. The monoisotopic (exact) mass is 322 g/mol. The third-order valence-electron chi connectivity index (χ3n) is 3.35. The molecule has 7 heteroatoms. The van der Waals surface area contributed by atoms with Gasteiger partial charge in [0, 0.05) is 4.90 Å². The Morgan fingerprint density at radius 2 is 2.05 bits per heavy atom. The molecule has 2 rings (SSSR count). The first-order chi connectivity index (χ1) is 10.5. The smallest absolute Gasteiger partial charge is 0.318 e. The van der Waals surface area contributed by atoms with Crippen LogP contribution in [0.3, 0.4) is 0 Å². The lowest BCUT2D eigenvalue weighted by Crippen LogP contribution is -2.42. The summed E-state index contributed by atoms with van der Waals surface area (Å²) < 4.78 is 4.95. The van der Waals surface area contributed by atoms with Gasteiger partial charge in [0.15, 0.2) is 6.10 Å². The van der Waals surface area contributed by atoms with Crippen molar-refractivity contribution in [3.05, 3.63) is 29.3 Å². The SMILES string of the molecule is C[C@H](OC(=O)CSc1ccc2c(c1)CCC2)C(=O)NC(N)=O. The highest BCUT2D eigenvalue weighted by molar-refractivity contribution is 8.00. The first kappa shape index (κ1) is 16.4. The van der Waals surface area contributed by atoms with Crippen LogP contribution in [0.1, 0.15) is 24.5 Å². The Morgan fingerprint density at radius 3 is 2.77 bits per heavy atom. The van der Waals surface area contributed by atoms with Crippen molar-refractivity contribution < 1.29 is 19.1 Å². The lowest BCUT2D eigenvalue weighted by atomic mass is 10.1. The van der Waals surface area contributed by atoms with Gasteiger partial charge in [0.2, 0.25) is 0 Å². The average molecular weight is 322 g/mol. The minimum absolute atomic E-state index is 0.104. The summed E-state index contributed by atoms with van der Waals surface area (Å²) in [6.07, 6.45) is 2.33. The van der Waals surface area contributed by atoms with E-state index in [1.165, 1.54) is 36.2 Å². The summed E-state index contributed by atoms with van der Waals surface area (Å²) in [7, 11) is 0. The molecule has 118 valence electrons. The number of hydrogen-bond donors (Lipinski definition) is 2. The van der Waals surface area contributed by atoms with Crippen LogP contribution in [0, 0.1) is 0 Å². The number of esters is 1. The Kier molecular flexibility index (Phi) is 5.43. The molecule has 0 saturated heterocycles. The molecule has 0 unspecified atom stereocenters. The van der Waals surface area contributed by atoms with E-state index in [9.17, 15) is 14.4 Å². The van der Waals surface area contributed by atoms with Gasteiger partial charge in [0.1, 0.15) is 0 Å². The fraction of sp³-hybridized carbons (Fsp3) is 0.400. The van der Waals surface area contributed by atoms with Crippen molar-refractivity contribution in [3.8, 4) is 0 Å². The summed E-state index contributed by atoms with van der Waals surface area (Å²) in [5.41, 5.74) is 7.54. The van der Waals surface area contributed by atoms with Gasteiger partial charge >= 0.3 is 12.0 Å². The quantitative estimate of drug-likeness (QED) is 0.630. The molecule has 0 heterocycles. The zero-order valence-electron chi connectivity index (χ0n) is 12.3. The minimum Gasteiger partial charge on any atom is -0.452 e. The molecule has 3 amide bonds. The summed E-state index contributed by atoms with van der Waals surface area (Å²) in [6.45, 7) is 1.39. The van der Waals surface area contributed by atoms with Crippen LogP contribution < -0.4 is 11.1 Å². The molecule has 0 aliphatic heterocycles. The maximum Gasteiger partial charge on any atom is 0.318 e. The number of carbonyl (C=O) groups is 3. The molecule has 22 heavy (non-hydrogen) atoms. The van der Waals surface area contributed by atoms with E-state index in [4.69, 9.17) is 10.5 Å². The molecule has 1 aliphatic rings. The van der Waals surface area contributed by atoms with Gasteiger partial charge in [0.25, 0.3) is 5.91 Å². The minimum atomic E-state index is -1.05. The van der Waals surface area contributed by atoms with E-state index >= 15 is 0 Å². The number of fused-ring (bicyclic) bond motifs is 1. The maximum atomic E-state index is 11.7. The number of nitrogens with two attached hydrogens (primary N) is 1. The molecule has 0 saturated carbocycles. The molecule has 3 N–H and O–H groups in total. The second-order valence-corrected chi connectivity index (χ2v) is 6.11. The Balaban J connectivity index is 1.80. The molecule has 1 aromatic rings. The van der Waals surface area contributed by atoms with Gasteiger partial charge in [-0.3, -0.25) is 14.9 Å². The molecule has 1 aliphatic carbocycles. The number of nitrogens with one attached hydrogen (secondary N) is 1. The Labute approximate surface area is 132 Å². The Bertz CT molecular complexity index is 603. The number of imide groups is 1. The van der Waals surface area contributed by atoms with Crippen molar-refractivity contribution in [1.82, 2.24) is 5.32 Å². The number of hydrogen-bond acceptors (Lipinski definition) is 5. The number of amides is 3. The number of rotatable bonds is 5. The predicted octanol–water partition coefficient (Wildman–Crippen LogP) is 1.39. The highest BCUT2D eigenvalue weighted by atomic mass is 32.2. The largest absolute Gasteiger partial charge is 0.452 e. The van der Waals surface area contributed by atoms with E-state index in [0.29, 0.717) is 0 Å². The molecule has 0 radical (unpaired) electrons. The van der Waals surface area contributed by atoms with E-state index < -0.39 is 24.0 Å². The van der Waals surface area contributed by atoms with Crippen LogP contribution >= 0.6 is 11.8 Å². The van der Waals surface area contributed by atoms with Gasteiger partial charge in [-0.1, -0.05) is 6.07 Å². The standard InChI is InChI=1S/C15H18N2O4S/c1-9(14(19)17-15(16)20)21-13(18)8-22-12-6-5-10-3-2-4-11(10)7-12/h5-7,9H,2-4,8H2,1H3,(H3,16,17,19,20)/t9-/m0/s1. The van der Waals surface area contributed by atoms with Crippen molar-refractivity contribution in [2.75, 3.05) is 5.75 Å². The normalized spacial score (nSPS) is 14.0. The van der Waals surface area contributed by atoms with Crippen LogP contribution in [-0.4, -0.2) is 29.8 Å². The maximum absolute atomic E-state index is 11.7. The summed E-state index contributed by atoms with van der Waals surface area (Å²) >= 11 is 1.36. The molecule has 0 bridgehead atoms. The number of benzene rings is 1. The highest BCUT2D eigenvalue weighted by Crippen LogP contribution is 2.27. The molecule has 0 spiro atoms. The fourth-order valence-electron chi connectivity index (χ4n) is 2.29. The van der Waals surface area contributed by atoms with Crippen LogP contribution in [0.25, 0.3) is 0 Å². The number of aryl methyl sites for hydroxylation is 2. The lowest BCUT2D eigenvalue weighted by molar-refractivity contribution is -0.151. The van der Waals surface area contributed by atoms with Crippen molar-refractivity contribution >= 4 is 29.7 Å². The van der Waals surface area contributed by atoms with Gasteiger partial charge in [-0.15, -0.1) is 11.8 Å². The van der Waals surface area contributed by atoms with Crippen molar-refractivity contribution in [3.63, 3.8) is 0 Å². The summed E-state index contributed by atoms with van der Waals surface area (Å²) in [6, 6.07) is 5.22. The van der Waals surface area contributed by atoms with Crippen LogP contribution in [0.5, 0.6) is 0 Å². The van der Waals surface area contributed by atoms with Gasteiger partial charge < -0.3 is 10.5 Å². The van der Waals surface area contributed by atoms with Crippen molar-refractivity contribution in [2.24, 2.45) is 5.73 Å². The van der Waals surface area contributed by atoms with Crippen LogP contribution in [-0.2, 0) is 27.2 Å². The molecular formula is C15H18N2O4S. The third kappa shape index (κ3) is 4.49. The number of carbonyl (C=O) groups excluding carboxylic acids is 3. The molecule has 1 atom stereocenters. The van der Waals surface area contributed by atoms with Gasteiger partial charge in [-0.25, -0.2) is 4.79 Å². The van der Waals surface area contributed by atoms with Crippen LogP contribution in [0.2, 0.25) is 0 Å². The second-order valence-electron chi connectivity index (χ2n) is 5.06. The summed E-state index contributed by atoms with van der Waals surface area (Å²) in [5.74, 6) is -1.14. The van der Waals surface area contributed by atoms with E-state index in [0.717, 1.165) is 17.7 Å². The van der Waals surface area contributed by atoms with E-state index in [-0.39, 0.29) is 5.75 Å². The molecule has 6 nitrogen and oxygen atoms in total. The molecule has 1 aromatic carbocycles. The van der Waals surface area contributed by atoms with E-state index in [1.54, 1.807) is 0 Å². The summed E-state index contributed by atoms with van der Waals surface area (Å²) in [4.78, 5) is 34.7. The Morgan fingerprint density at radius 1 is 1.32 bits per heavy atom. The highest BCUT2D eigenvalue weighted by Gasteiger charge is 2.19. The molecule has 0 fully saturated rings. The van der Waals surface area contributed by atoms with Crippen LogP contribution in [0.4, 0.5) is 4.79 Å². The van der Waals surface area contributed by atoms with Crippen molar-refractivity contribution in [1.29, 1.82) is 0 Å². The average Bonchev–Trinajstić information content (AvgIpc) is 2.91. The first-order valence-corrected chi connectivity index (χ1v) is 7.98. The number of primary amides is 1. The number of thioether (sulfide) groups is 1. The lowest BCUT2D eigenvalue weighted by Gasteiger charge is -2.12. The predicted molar refractivity (Wildman–Crippen MR) is 82.5 cm³/mol. The second kappa shape index (κ2) is 7.31. The number of ether oxygens (including phenoxy) is 1. The van der Waals surface area contributed by atoms with Gasteiger partial charge in [-0.2, -0.15) is 0 Å². The molecular weight excluding hydrogens is 304 g/mol. The van der Waals surface area contributed by atoms with E-state index in [2.05, 4.69) is 12.1 Å². The first-order valence-electron chi connectivity index (χ1n) is 7.00. The number of urea groups is 1. The zero-order valence-corrected chi connectivity index (χ0v) is 13.1.